The second-order valence-corrected chi connectivity index (χ2v) is 5.69. The van der Waals surface area contributed by atoms with E-state index < -0.39 is 0 Å². The number of nitrogens with one attached hydrogen (secondary N) is 1. The number of nitrogens with zero attached hydrogens (tertiary/aromatic N) is 3. The maximum atomic E-state index is 12.8. The minimum absolute atomic E-state index is 0.178. The fraction of sp³-hybridized carbons (Fsp3) is 0.353. The highest BCUT2D eigenvalue weighted by Crippen LogP contribution is 2.20. The topological polar surface area (TPSA) is 84.1 Å². The van der Waals surface area contributed by atoms with Gasteiger partial charge in [-0.15, -0.1) is 0 Å². The van der Waals surface area contributed by atoms with Crippen molar-refractivity contribution >= 4 is 17.4 Å². The molecule has 3 N–H and O–H groups in total. The first-order valence-electron chi connectivity index (χ1n) is 7.85. The summed E-state index contributed by atoms with van der Waals surface area (Å²) < 4.78 is 0. The number of hydrogen-bond acceptors (Lipinski definition) is 6. The van der Waals surface area contributed by atoms with Gasteiger partial charge in [-0.3, -0.25) is 4.79 Å². The van der Waals surface area contributed by atoms with Crippen LogP contribution < -0.4 is 16.0 Å². The zero-order chi connectivity index (χ0) is 16.2. The van der Waals surface area contributed by atoms with E-state index in [1.807, 2.05) is 19.1 Å². The van der Waals surface area contributed by atoms with Gasteiger partial charge in [0.15, 0.2) is 0 Å². The molecule has 0 aliphatic carbocycles. The van der Waals surface area contributed by atoms with Gasteiger partial charge in [-0.2, -0.15) is 0 Å². The van der Waals surface area contributed by atoms with Crippen molar-refractivity contribution in [2.75, 3.05) is 36.8 Å². The monoisotopic (exact) mass is 311 g/mol. The van der Waals surface area contributed by atoms with Crippen LogP contribution in [-0.4, -0.2) is 41.9 Å². The van der Waals surface area contributed by atoms with Crippen LogP contribution in [0.4, 0.5) is 11.6 Å². The molecule has 2 aromatic heterocycles. The second kappa shape index (κ2) is 6.75. The van der Waals surface area contributed by atoms with Crippen LogP contribution in [-0.2, 0) is 0 Å². The van der Waals surface area contributed by atoms with E-state index >= 15 is 0 Å². The fourth-order valence-corrected chi connectivity index (χ4v) is 2.74. The summed E-state index contributed by atoms with van der Waals surface area (Å²) in [6, 6.07) is 7.32. The number of rotatable bonds is 3. The number of carbonyl (C=O) groups is 1. The molecule has 120 valence electrons. The average Bonchev–Trinajstić information content (AvgIpc) is 2.84. The minimum atomic E-state index is -0.178. The first-order valence-corrected chi connectivity index (χ1v) is 7.85. The molecule has 1 saturated heterocycles. The number of aryl methyl sites for hydroxylation is 1. The summed E-state index contributed by atoms with van der Waals surface area (Å²) in [5.41, 5.74) is 7.52. The fourth-order valence-electron chi connectivity index (χ4n) is 2.74. The van der Waals surface area contributed by atoms with Crippen molar-refractivity contribution in [3.05, 3.63) is 47.3 Å². The molecule has 0 unspecified atom stereocenters. The largest absolute Gasteiger partial charge is 0.383 e. The van der Waals surface area contributed by atoms with E-state index in [1.54, 1.807) is 18.3 Å². The third-order valence-corrected chi connectivity index (χ3v) is 4.04. The van der Waals surface area contributed by atoms with E-state index in [0.717, 1.165) is 44.0 Å². The number of ketones is 1. The molecule has 3 heterocycles. The Kier molecular flexibility index (Phi) is 4.52. The van der Waals surface area contributed by atoms with E-state index in [-0.39, 0.29) is 11.6 Å². The Morgan fingerprint density at radius 1 is 1.26 bits per heavy atom. The maximum Gasteiger partial charge on any atom is 0.215 e. The SMILES string of the molecule is Cc1ccc(N2CCCNCC2)nc1C(=O)c1cccnc1N. The lowest BCUT2D eigenvalue weighted by molar-refractivity contribution is 0.103. The third-order valence-electron chi connectivity index (χ3n) is 4.04. The molecule has 0 spiro atoms. The highest BCUT2D eigenvalue weighted by molar-refractivity contribution is 6.11. The lowest BCUT2D eigenvalue weighted by Gasteiger charge is -2.22. The summed E-state index contributed by atoms with van der Waals surface area (Å²) in [7, 11) is 0. The number of nitrogen functional groups attached to an aromatic ring is 1. The molecule has 0 aromatic carbocycles. The van der Waals surface area contributed by atoms with E-state index in [1.165, 1.54) is 0 Å². The van der Waals surface area contributed by atoms with Gasteiger partial charge in [0.25, 0.3) is 0 Å². The molecule has 0 radical (unpaired) electrons. The van der Waals surface area contributed by atoms with Gasteiger partial charge in [0, 0.05) is 25.8 Å². The van der Waals surface area contributed by atoms with E-state index in [0.29, 0.717) is 11.3 Å². The van der Waals surface area contributed by atoms with Crippen molar-refractivity contribution in [3.63, 3.8) is 0 Å². The number of carbonyl (C=O) groups excluding carboxylic acids is 1. The number of anilines is 2. The predicted molar refractivity (Wildman–Crippen MR) is 90.8 cm³/mol. The Balaban J connectivity index is 1.94. The standard InChI is InChI=1S/C17H21N5O/c1-12-5-6-14(22-10-3-7-19-9-11-22)21-15(12)16(23)13-4-2-8-20-17(13)18/h2,4-6,8,19H,3,7,9-11H2,1H3,(H2,18,20). The molecule has 0 amide bonds. The Hall–Kier alpha value is -2.47. The van der Waals surface area contributed by atoms with Crippen LogP contribution in [0.25, 0.3) is 0 Å². The van der Waals surface area contributed by atoms with E-state index in [9.17, 15) is 4.79 Å². The van der Waals surface area contributed by atoms with Gasteiger partial charge in [0.1, 0.15) is 17.3 Å². The molecule has 6 heteroatoms. The quantitative estimate of drug-likeness (QED) is 0.834. The maximum absolute atomic E-state index is 12.8. The molecule has 3 rings (SSSR count). The van der Waals surface area contributed by atoms with Crippen LogP contribution in [0.2, 0.25) is 0 Å². The van der Waals surface area contributed by atoms with Gasteiger partial charge in [-0.1, -0.05) is 6.07 Å². The Labute approximate surface area is 135 Å². The van der Waals surface area contributed by atoms with Crippen LogP contribution in [0, 0.1) is 6.92 Å². The Morgan fingerprint density at radius 2 is 2.13 bits per heavy atom. The van der Waals surface area contributed by atoms with Crippen LogP contribution in [0.15, 0.2) is 30.5 Å². The van der Waals surface area contributed by atoms with Gasteiger partial charge in [0.05, 0.1) is 5.56 Å². The van der Waals surface area contributed by atoms with Crippen molar-refractivity contribution in [2.24, 2.45) is 0 Å². The van der Waals surface area contributed by atoms with Crippen molar-refractivity contribution in [2.45, 2.75) is 13.3 Å². The first-order chi connectivity index (χ1) is 11.2. The highest BCUT2D eigenvalue weighted by atomic mass is 16.1. The molecule has 6 nitrogen and oxygen atoms in total. The number of hydrogen-bond donors (Lipinski definition) is 2. The molecule has 0 bridgehead atoms. The highest BCUT2D eigenvalue weighted by Gasteiger charge is 2.19. The number of pyridine rings is 2. The van der Waals surface area contributed by atoms with Crippen molar-refractivity contribution in [1.82, 2.24) is 15.3 Å². The van der Waals surface area contributed by atoms with Gasteiger partial charge in [0.2, 0.25) is 5.78 Å². The normalized spacial score (nSPS) is 15.3. The minimum Gasteiger partial charge on any atom is -0.383 e. The molecule has 0 atom stereocenters. The lowest BCUT2D eigenvalue weighted by atomic mass is 10.0. The van der Waals surface area contributed by atoms with Crippen molar-refractivity contribution in [1.29, 1.82) is 0 Å². The van der Waals surface area contributed by atoms with Crippen LogP contribution in [0.5, 0.6) is 0 Å². The summed E-state index contributed by atoms with van der Waals surface area (Å²) in [5, 5.41) is 3.37. The second-order valence-electron chi connectivity index (χ2n) is 5.69. The van der Waals surface area contributed by atoms with Crippen LogP contribution in [0.3, 0.4) is 0 Å². The first kappa shape index (κ1) is 15.4. The van der Waals surface area contributed by atoms with Gasteiger partial charge < -0.3 is 16.0 Å². The third kappa shape index (κ3) is 3.32. The van der Waals surface area contributed by atoms with E-state index in [2.05, 4.69) is 20.2 Å². The Morgan fingerprint density at radius 3 is 2.96 bits per heavy atom. The zero-order valence-electron chi connectivity index (χ0n) is 13.2. The molecule has 1 aliphatic heterocycles. The molecule has 23 heavy (non-hydrogen) atoms. The van der Waals surface area contributed by atoms with E-state index in [4.69, 9.17) is 5.73 Å². The molecule has 2 aromatic rings. The van der Waals surface area contributed by atoms with Crippen LogP contribution in [0.1, 0.15) is 28.0 Å². The van der Waals surface area contributed by atoms with Crippen LogP contribution >= 0.6 is 0 Å². The summed E-state index contributed by atoms with van der Waals surface area (Å²) in [5.74, 6) is 0.899. The molecular formula is C17H21N5O. The predicted octanol–water partition coefficient (Wildman–Crippen LogP) is 1.40. The summed E-state index contributed by atoms with van der Waals surface area (Å²) in [6.07, 6.45) is 2.64. The summed E-state index contributed by atoms with van der Waals surface area (Å²) >= 11 is 0. The van der Waals surface area contributed by atoms with Crippen molar-refractivity contribution < 1.29 is 4.79 Å². The molecular weight excluding hydrogens is 290 g/mol. The molecule has 1 fully saturated rings. The summed E-state index contributed by atoms with van der Waals surface area (Å²) in [4.78, 5) is 23.6. The molecule has 1 aliphatic rings. The average molecular weight is 311 g/mol. The van der Waals surface area contributed by atoms with Gasteiger partial charge >= 0.3 is 0 Å². The van der Waals surface area contributed by atoms with Crippen molar-refractivity contribution in [3.8, 4) is 0 Å². The smallest absolute Gasteiger partial charge is 0.215 e. The van der Waals surface area contributed by atoms with Gasteiger partial charge in [-0.25, -0.2) is 9.97 Å². The molecule has 0 saturated carbocycles. The number of aromatic nitrogens is 2. The zero-order valence-corrected chi connectivity index (χ0v) is 13.2. The van der Waals surface area contributed by atoms with Gasteiger partial charge in [-0.05, 0) is 43.7 Å². The Bertz CT molecular complexity index is 708. The lowest BCUT2D eigenvalue weighted by Crippen LogP contribution is -2.29. The summed E-state index contributed by atoms with van der Waals surface area (Å²) in [6.45, 7) is 5.65. The number of nitrogens with two attached hydrogens (primary N) is 1.